The van der Waals surface area contributed by atoms with Gasteiger partial charge in [0.25, 0.3) is 13.4 Å². The number of hydrogen-bond acceptors (Lipinski definition) is 3. The molecule has 0 bridgehead atoms. The number of rotatable bonds is 3. The van der Waals surface area contributed by atoms with Gasteiger partial charge in [0.2, 0.25) is 0 Å². The molecule has 5 heterocycles. The van der Waals surface area contributed by atoms with Gasteiger partial charge in [-0.15, -0.1) is 0 Å². The molecule has 6 heteroatoms. The van der Waals surface area contributed by atoms with Crippen molar-refractivity contribution in [3.63, 3.8) is 0 Å². The summed E-state index contributed by atoms with van der Waals surface area (Å²) in [6.45, 7) is 30.0. The molecule has 0 unspecified atom stereocenters. The Morgan fingerprint density at radius 1 is 0.351 bits per heavy atom. The first kappa shape index (κ1) is 47.7. The van der Waals surface area contributed by atoms with Gasteiger partial charge in [0, 0.05) is 45.1 Å². The molecular formula is C71H66B2N2O2. The Hall–Kier alpha value is -7.69. The van der Waals surface area contributed by atoms with Crippen molar-refractivity contribution in [2.75, 3.05) is 4.90 Å². The molecule has 77 heavy (non-hydrogen) atoms. The first-order chi connectivity index (χ1) is 36.6. The number of hydrogen-bond donors (Lipinski definition) is 0. The maximum absolute atomic E-state index is 7.48. The molecule has 0 aliphatic carbocycles. The maximum atomic E-state index is 7.48. The first-order valence-corrected chi connectivity index (χ1v) is 27.8. The van der Waals surface area contributed by atoms with Crippen LogP contribution in [-0.4, -0.2) is 18.0 Å². The monoisotopic (exact) mass is 1000 g/mol. The molecule has 378 valence electrons. The molecule has 10 aromatic rings. The lowest BCUT2D eigenvalue weighted by Gasteiger charge is -2.42. The number of aryl methyl sites for hydroxylation is 1. The van der Waals surface area contributed by atoms with Crippen molar-refractivity contribution in [1.29, 1.82) is 0 Å². The second-order valence-corrected chi connectivity index (χ2v) is 26.7. The standard InChI is InChI=1S/C71H66B2N2O2/c1-41-30-46(68(2,3)4)24-27-56(41)74-58-29-26-48(70(8,9)10)37-52(58)72-53-39-54-62(40-61(53)76-63-33-44(31-59(74)65(63)72)42-20-16-14-17-21-42)77-64-34-45(43-22-18-15-19-23-43)32-60-66(64)73(54)55-38-49(71(11,12)13)36-51-50-35-47(69(5,6)7)25-28-57(50)75(60)67(51)55/h14-40H,1-13H3. The topological polar surface area (TPSA) is 26.6 Å². The average Bonchev–Trinajstić information content (AvgIpc) is 4.02. The van der Waals surface area contributed by atoms with Gasteiger partial charge < -0.3 is 18.9 Å². The molecule has 4 aliphatic heterocycles. The van der Waals surface area contributed by atoms with Crippen molar-refractivity contribution in [3.8, 4) is 50.9 Å². The molecular weight excluding hydrogens is 934 g/mol. The van der Waals surface area contributed by atoms with E-state index in [1.165, 1.54) is 94.0 Å². The van der Waals surface area contributed by atoms with E-state index >= 15 is 0 Å². The van der Waals surface area contributed by atoms with Crippen LogP contribution in [0, 0.1) is 6.92 Å². The van der Waals surface area contributed by atoms with Gasteiger partial charge in [0.15, 0.2) is 0 Å². The van der Waals surface area contributed by atoms with Gasteiger partial charge in [-0.25, -0.2) is 0 Å². The Labute approximate surface area is 455 Å². The van der Waals surface area contributed by atoms with E-state index in [1.54, 1.807) is 0 Å². The summed E-state index contributed by atoms with van der Waals surface area (Å²) >= 11 is 0. The van der Waals surface area contributed by atoms with Crippen LogP contribution in [0.2, 0.25) is 0 Å². The number of fused-ring (bicyclic) bond motifs is 11. The van der Waals surface area contributed by atoms with Gasteiger partial charge in [-0.05, 0) is 166 Å². The van der Waals surface area contributed by atoms with Gasteiger partial charge in [0.1, 0.15) is 23.0 Å². The average molecular weight is 1000 g/mol. The van der Waals surface area contributed by atoms with Crippen molar-refractivity contribution < 1.29 is 9.47 Å². The van der Waals surface area contributed by atoms with Crippen molar-refractivity contribution in [2.45, 2.75) is 112 Å². The molecule has 0 atom stereocenters. The highest BCUT2D eigenvalue weighted by molar-refractivity contribution is 7.02. The second-order valence-electron chi connectivity index (χ2n) is 26.7. The lowest BCUT2D eigenvalue weighted by atomic mass is 9.31. The molecule has 1 aromatic heterocycles. The first-order valence-electron chi connectivity index (χ1n) is 27.8. The Bertz CT molecular complexity index is 4160. The summed E-state index contributed by atoms with van der Waals surface area (Å²) in [5, 5.41) is 2.59. The van der Waals surface area contributed by atoms with Gasteiger partial charge in [-0.2, -0.15) is 0 Å². The van der Waals surface area contributed by atoms with Gasteiger partial charge in [-0.1, -0.05) is 186 Å². The number of nitrogens with zero attached hydrogens (tertiary/aromatic N) is 2. The fraction of sp³-hybridized carbons (Fsp3) is 0.239. The van der Waals surface area contributed by atoms with Crippen LogP contribution < -0.4 is 47.2 Å². The minimum absolute atomic E-state index is 0.0125. The van der Waals surface area contributed by atoms with Gasteiger partial charge in [-0.3, -0.25) is 0 Å². The molecule has 0 amide bonds. The molecule has 0 saturated heterocycles. The number of benzene rings is 9. The summed E-state index contributed by atoms with van der Waals surface area (Å²) in [4.78, 5) is 2.54. The zero-order chi connectivity index (χ0) is 53.4. The van der Waals surface area contributed by atoms with E-state index in [0.29, 0.717) is 0 Å². The summed E-state index contributed by atoms with van der Waals surface area (Å²) in [6, 6.07) is 62.3. The van der Waals surface area contributed by atoms with Crippen LogP contribution in [-0.2, 0) is 21.7 Å². The minimum atomic E-state index is -0.130. The molecule has 0 fully saturated rings. The van der Waals surface area contributed by atoms with Gasteiger partial charge >= 0.3 is 0 Å². The summed E-state index contributed by atoms with van der Waals surface area (Å²) in [5.41, 5.74) is 25.4. The molecule has 0 saturated carbocycles. The Kier molecular flexibility index (Phi) is 10.0. The summed E-state index contributed by atoms with van der Waals surface area (Å²) in [7, 11) is 0. The fourth-order valence-electron chi connectivity index (χ4n) is 13.1. The molecule has 0 N–H and O–H groups in total. The van der Waals surface area contributed by atoms with Crippen LogP contribution in [0.25, 0.3) is 49.7 Å². The van der Waals surface area contributed by atoms with Crippen LogP contribution in [0.4, 0.5) is 17.1 Å². The summed E-state index contributed by atoms with van der Waals surface area (Å²) in [6.07, 6.45) is 0. The van der Waals surface area contributed by atoms with Gasteiger partial charge in [0.05, 0.1) is 5.52 Å². The molecule has 14 rings (SSSR count). The van der Waals surface area contributed by atoms with E-state index in [9.17, 15) is 0 Å². The lowest BCUT2D eigenvalue weighted by molar-refractivity contribution is 0.466. The fourth-order valence-corrected chi connectivity index (χ4v) is 13.1. The molecule has 0 radical (unpaired) electrons. The number of aromatic nitrogens is 1. The predicted molar refractivity (Wildman–Crippen MR) is 328 cm³/mol. The van der Waals surface area contributed by atoms with Crippen LogP contribution in [0.15, 0.2) is 164 Å². The summed E-state index contributed by atoms with van der Waals surface area (Å²) in [5.74, 6) is 3.43. The smallest absolute Gasteiger partial charge is 0.256 e. The highest BCUT2D eigenvalue weighted by Crippen LogP contribution is 2.48. The largest absolute Gasteiger partial charge is 0.458 e. The van der Waals surface area contributed by atoms with Crippen LogP contribution in [0.3, 0.4) is 0 Å². The molecule has 4 aliphatic rings. The highest BCUT2D eigenvalue weighted by Gasteiger charge is 2.47. The van der Waals surface area contributed by atoms with Crippen LogP contribution >= 0.6 is 0 Å². The minimum Gasteiger partial charge on any atom is -0.458 e. The van der Waals surface area contributed by atoms with E-state index in [0.717, 1.165) is 56.4 Å². The van der Waals surface area contributed by atoms with E-state index in [2.05, 4.69) is 263 Å². The Morgan fingerprint density at radius 2 is 0.831 bits per heavy atom. The second kappa shape index (κ2) is 16.2. The van der Waals surface area contributed by atoms with Crippen LogP contribution in [0.1, 0.15) is 111 Å². The van der Waals surface area contributed by atoms with E-state index in [4.69, 9.17) is 9.47 Å². The third-order valence-electron chi connectivity index (χ3n) is 17.4. The Balaban J connectivity index is 1.07. The van der Waals surface area contributed by atoms with E-state index in [-0.39, 0.29) is 35.1 Å². The van der Waals surface area contributed by atoms with E-state index < -0.39 is 0 Å². The predicted octanol–water partition coefficient (Wildman–Crippen LogP) is 15.0. The van der Waals surface area contributed by atoms with Crippen LogP contribution in [0.5, 0.6) is 23.0 Å². The third-order valence-corrected chi connectivity index (χ3v) is 17.4. The number of anilines is 3. The van der Waals surface area contributed by atoms with Crippen molar-refractivity contribution in [1.82, 2.24) is 4.57 Å². The zero-order valence-corrected chi connectivity index (χ0v) is 47.0. The van der Waals surface area contributed by atoms with E-state index in [1.807, 2.05) is 0 Å². The molecule has 4 nitrogen and oxygen atoms in total. The highest BCUT2D eigenvalue weighted by atomic mass is 16.5. The molecule has 9 aromatic carbocycles. The van der Waals surface area contributed by atoms with Crippen molar-refractivity contribution >= 4 is 85.1 Å². The Morgan fingerprint density at radius 3 is 1.40 bits per heavy atom. The lowest BCUT2D eigenvalue weighted by Crippen LogP contribution is -2.63. The maximum Gasteiger partial charge on any atom is 0.256 e. The summed E-state index contributed by atoms with van der Waals surface area (Å²) < 4.78 is 17.5. The number of ether oxygens (including phenoxy) is 2. The normalized spacial score (nSPS) is 14.2. The third kappa shape index (κ3) is 7.27. The van der Waals surface area contributed by atoms with Crippen molar-refractivity contribution in [2.24, 2.45) is 0 Å². The molecule has 0 spiro atoms. The quantitative estimate of drug-likeness (QED) is 0.165. The van der Waals surface area contributed by atoms with Crippen molar-refractivity contribution in [3.05, 3.63) is 192 Å². The zero-order valence-electron chi connectivity index (χ0n) is 47.0. The SMILES string of the molecule is Cc1cc(C(C)(C)C)ccc1N1c2ccc(C(C)(C)C)cc2B2c3cc4c(cc3Oc3cc(-c5ccccc5)cc1c32)Oc1cc(-c2ccccc2)cc2c1B4c1cc(C(C)(C)C)cc3c4cc(C(C)(C)C)ccc4n-2c13.